The van der Waals surface area contributed by atoms with E-state index >= 15 is 4.39 Å². The largest absolute Gasteiger partial charge is 0.490 e. The monoisotopic (exact) mass is 577 g/mol. The van der Waals surface area contributed by atoms with Crippen molar-refractivity contribution in [3.63, 3.8) is 0 Å². The summed E-state index contributed by atoms with van der Waals surface area (Å²) >= 11 is 5.93. The highest BCUT2D eigenvalue weighted by molar-refractivity contribution is 7.91. The van der Waals surface area contributed by atoms with Gasteiger partial charge in [0.2, 0.25) is 0 Å². The Kier molecular flexibility index (Phi) is 7.01. The van der Waals surface area contributed by atoms with Crippen LogP contribution in [0, 0.1) is 11.3 Å². The molecule has 1 aromatic carbocycles. The molecule has 0 bridgehead atoms. The van der Waals surface area contributed by atoms with Gasteiger partial charge in [0, 0.05) is 46.9 Å². The molecular weight excluding hydrogens is 548 g/mol. The van der Waals surface area contributed by atoms with E-state index in [-0.39, 0.29) is 66.6 Å². The number of nitrogens with two attached hydrogens (primary N) is 1. The lowest BCUT2D eigenvalue weighted by atomic mass is 9.62. The third kappa shape index (κ3) is 5.34. The van der Waals surface area contributed by atoms with Crippen LogP contribution in [0.1, 0.15) is 38.5 Å². The van der Waals surface area contributed by atoms with E-state index < -0.39 is 60.1 Å². The zero-order valence-electron chi connectivity index (χ0n) is 20.2. The van der Waals surface area contributed by atoms with Crippen molar-refractivity contribution in [1.82, 2.24) is 0 Å². The van der Waals surface area contributed by atoms with E-state index in [4.69, 9.17) is 26.8 Å². The first-order valence-corrected chi connectivity index (χ1v) is 16.2. The Bertz CT molecular complexity index is 1360. The Hall–Kier alpha value is -1.53. The summed E-state index contributed by atoms with van der Waals surface area (Å²) in [5.74, 6) is -2.94. The number of benzene rings is 1. The van der Waals surface area contributed by atoms with Gasteiger partial charge in [-0.1, -0.05) is 11.6 Å². The van der Waals surface area contributed by atoms with Crippen molar-refractivity contribution in [2.75, 3.05) is 30.5 Å². The maximum absolute atomic E-state index is 15.5. The Morgan fingerprint density at radius 2 is 1.68 bits per heavy atom. The summed E-state index contributed by atoms with van der Waals surface area (Å²) < 4.78 is 94.7. The minimum atomic E-state index is -3.98. The first-order valence-electron chi connectivity index (χ1n) is 12.3. The van der Waals surface area contributed by atoms with Gasteiger partial charge in [-0.05, 0) is 49.9 Å². The van der Waals surface area contributed by atoms with Crippen molar-refractivity contribution in [3.05, 3.63) is 52.3 Å². The topological polar surface area (TPSA) is 113 Å². The highest BCUT2D eigenvalue weighted by Gasteiger charge is 2.57. The summed E-state index contributed by atoms with van der Waals surface area (Å²) in [4.78, 5) is 0.0163. The summed E-state index contributed by atoms with van der Waals surface area (Å²) in [6, 6.07) is 5.69. The highest BCUT2D eigenvalue weighted by atomic mass is 35.5. The third-order valence-electron chi connectivity index (χ3n) is 7.99. The molecular formula is C25H30ClF2NO6S2. The molecule has 0 spiro atoms. The molecule has 7 nitrogen and oxygen atoms in total. The molecule has 204 valence electrons. The fourth-order valence-corrected chi connectivity index (χ4v) is 9.80. The van der Waals surface area contributed by atoms with E-state index in [2.05, 4.69) is 0 Å². The third-order valence-corrected chi connectivity index (χ3v) is 12.0. The number of sulfone groups is 2. The van der Waals surface area contributed by atoms with E-state index in [0.29, 0.717) is 17.9 Å². The van der Waals surface area contributed by atoms with Crippen molar-refractivity contribution >= 4 is 31.3 Å². The number of ether oxygens (including phenoxy) is 2. The number of hydrogen-bond acceptors (Lipinski definition) is 7. The second-order valence-electron chi connectivity index (χ2n) is 10.7. The number of allylic oxidation sites excluding steroid dienone is 3. The van der Waals surface area contributed by atoms with Crippen LogP contribution in [0.5, 0.6) is 0 Å². The molecule has 5 rings (SSSR count). The average molecular weight is 578 g/mol. The molecule has 2 aliphatic heterocycles. The zero-order valence-corrected chi connectivity index (χ0v) is 22.6. The molecule has 3 unspecified atom stereocenters. The normalized spacial score (nSPS) is 29.4. The van der Waals surface area contributed by atoms with Gasteiger partial charge in [-0.3, -0.25) is 0 Å². The Balaban J connectivity index is 1.50. The van der Waals surface area contributed by atoms with Crippen LogP contribution in [0.4, 0.5) is 8.78 Å². The van der Waals surface area contributed by atoms with Gasteiger partial charge in [0.1, 0.15) is 11.7 Å². The molecule has 2 heterocycles. The molecule has 3 fully saturated rings. The van der Waals surface area contributed by atoms with Crippen molar-refractivity contribution in [3.8, 4) is 0 Å². The van der Waals surface area contributed by atoms with Gasteiger partial charge in [-0.25, -0.2) is 25.6 Å². The predicted octanol–water partition coefficient (Wildman–Crippen LogP) is 4.03. The second-order valence-corrected chi connectivity index (χ2v) is 15.3. The first kappa shape index (κ1) is 27.1. The number of rotatable bonds is 8. The Morgan fingerprint density at radius 1 is 1.00 bits per heavy atom. The molecule has 1 saturated carbocycles. The fourth-order valence-electron chi connectivity index (χ4n) is 5.87. The van der Waals surface area contributed by atoms with E-state index in [9.17, 15) is 21.2 Å². The smallest absolute Gasteiger partial charge is 0.179 e. The lowest BCUT2D eigenvalue weighted by molar-refractivity contribution is -0.118. The van der Waals surface area contributed by atoms with E-state index in [1.165, 1.54) is 24.3 Å². The molecule has 0 radical (unpaired) electrons. The van der Waals surface area contributed by atoms with Crippen LogP contribution in [0.2, 0.25) is 5.02 Å². The van der Waals surface area contributed by atoms with Crippen LogP contribution < -0.4 is 5.73 Å². The Labute approximate surface area is 220 Å². The van der Waals surface area contributed by atoms with Crippen molar-refractivity contribution in [2.24, 2.45) is 17.1 Å². The summed E-state index contributed by atoms with van der Waals surface area (Å²) in [7, 11) is -7.47. The van der Waals surface area contributed by atoms with Gasteiger partial charge < -0.3 is 15.2 Å². The maximum Gasteiger partial charge on any atom is 0.179 e. The Morgan fingerprint density at radius 3 is 2.35 bits per heavy atom. The molecule has 4 aliphatic rings. The molecule has 2 saturated heterocycles. The van der Waals surface area contributed by atoms with Gasteiger partial charge in [0.15, 0.2) is 25.4 Å². The fraction of sp³-hybridized carbons (Fsp3) is 0.600. The lowest BCUT2D eigenvalue weighted by Gasteiger charge is -2.52. The van der Waals surface area contributed by atoms with E-state index in [0.717, 1.165) is 0 Å². The minimum Gasteiger partial charge on any atom is -0.490 e. The van der Waals surface area contributed by atoms with Crippen LogP contribution in [-0.2, 0) is 29.1 Å². The maximum atomic E-state index is 15.5. The lowest BCUT2D eigenvalue weighted by Crippen LogP contribution is -2.55. The summed E-state index contributed by atoms with van der Waals surface area (Å²) in [5.41, 5.74) is 3.94. The predicted molar refractivity (Wildman–Crippen MR) is 135 cm³/mol. The molecule has 0 aromatic heterocycles. The minimum absolute atomic E-state index is 0.0163. The standard InChI is InChI=1S/C25H30ClF2NO6S2/c26-16-1-3-17(4-2-16)37(32,33)15-25-10-11-34-21(7-12-36(30,31)14-24(29)8-9-24)18(25)13-35-23-20(28)6-5-19(27)22(23)25/h1-4,18,21H,5-15,29H2. The van der Waals surface area contributed by atoms with Gasteiger partial charge in [-0.15, -0.1) is 0 Å². The van der Waals surface area contributed by atoms with E-state index in [1.807, 2.05) is 0 Å². The van der Waals surface area contributed by atoms with Gasteiger partial charge in [0.05, 0.1) is 34.9 Å². The SMILES string of the molecule is NC1(CS(=O)(=O)CCC2OCCC3(CS(=O)(=O)c4ccc(Cl)cc4)C4=C(F)CCC(F)=C4OCC23)CC1. The zero-order chi connectivity index (χ0) is 26.6. The molecule has 3 atom stereocenters. The average Bonchev–Trinajstić information content (AvgIpc) is 3.54. The van der Waals surface area contributed by atoms with Gasteiger partial charge in [0.25, 0.3) is 0 Å². The number of halogens is 3. The van der Waals surface area contributed by atoms with E-state index in [1.54, 1.807) is 0 Å². The molecule has 2 aliphatic carbocycles. The first-order chi connectivity index (χ1) is 17.3. The van der Waals surface area contributed by atoms with Gasteiger partial charge in [-0.2, -0.15) is 0 Å². The van der Waals surface area contributed by atoms with Crippen LogP contribution in [-0.4, -0.2) is 59.0 Å². The second kappa shape index (κ2) is 9.59. The number of fused-ring (bicyclic) bond motifs is 3. The van der Waals surface area contributed by atoms with Crippen molar-refractivity contribution in [1.29, 1.82) is 0 Å². The van der Waals surface area contributed by atoms with Crippen LogP contribution in [0.25, 0.3) is 0 Å². The summed E-state index contributed by atoms with van der Waals surface area (Å²) in [6.45, 7) is -0.0366. The van der Waals surface area contributed by atoms with Crippen LogP contribution >= 0.6 is 11.6 Å². The van der Waals surface area contributed by atoms with Crippen molar-refractivity contribution in [2.45, 2.75) is 55.1 Å². The molecule has 37 heavy (non-hydrogen) atoms. The summed E-state index contributed by atoms with van der Waals surface area (Å²) in [6.07, 6.45) is 0.443. The van der Waals surface area contributed by atoms with Crippen LogP contribution in [0.3, 0.4) is 0 Å². The number of hydrogen-bond donors (Lipinski definition) is 1. The highest BCUT2D eigenvalue weighted by Crippen LogP contribution is 2.56. The summed E-state index contributed by atoms with van der Waals surface area (Å²) in [5, 5.41) is 0.368. The van der Waals surface area contributed by atoms with Crippen molar-refractivity contribution < 1.29 is 35.1 Å². The molecule has 12 heteroatoms. The molecule has 0 amide bonds. The van der Waals surface area contributed by atoms with Crippen LogP contribution in [0.15, 0.2) is 52.1 Å². The molecule has 2 N–H and O–H groups in total. The molecule has 1 aromatic rings. The van der Waals surface area contributed by atoms with Gasteiger partial charge >= 0.3 is 0 Å². The quantitative estimate of drug-likeness (QED) is 0.496.